The monoisotopic (exact) mass is 366 g/mol. The van der Waals surface area contributed by atoms with Gasteiger partial charge < -0.3 is 20.1 Å². The zero-order valence-electron chi connectivity index (χ0n) is 14.3. The topological polar surface area (TPSA) is 102 Å². The highest BCUT2D eigenvalue weighted by Crippen LogP contribution is 2.36. The van der Waals surface area contributed by atoms with E-state index in [-0.39, 0.29) is 11.0 Å². The minimum absolute atomic E-state index is 0.134. The Balaban J connectivity index is 1.90. The number of carboxylic acid groups (broad SMARTS) is 1. The highest BCUT2D eigenvalue weighted by Gasteiger charge is 2.20. The van der Waals surface area contributed by atoms with Crippen molar-refractivity contribution in [3.8, 4) is 5.88 Å². The van der Waals surface area contributed by atoms with Gasteiger partial charge in [0, 0.05) is 19.0 Å². The first-order valence-corrected chi connectivity index (χ1v) is 8.14. The molecular weight excluding hydrogens is 351 g/mol. The SMILES string of the molecule is CN(Cc1ccccc1)c1cc(F)cc2c1[nH]c1nc(C(=O)O)nc(O)c12. The molecule has 27 heavy (non-hydrogen) atoms. The Morgan fingerprint density at radius 3 is 2.67 bits per heavy atom. The molecule has 0 saturated carbocycles. The van der Waals surface area contributed by atoms with Gasteiger partial charge in [0.15, 0.2) is 0 Å². The number of aromatic carboxylic acids is 1. The van der Waals surface area contributed by atoms with Crippen LogP contribution in [0.2, 0.25) is 0 Å². The number of anilines is 1. The second kappa shape index (κ2) is 6.24. The Bertz CT molecular complexity index is 1170. The number of carboxylic acids is 1. The normalized spacial score (nSPS) is 11.2. The number of aromatic nitrogens is 3. The Morgan fingerprint density at radius 1 is 1.22 bits per heavy atom. The maximum atomic E-state index is 14.3. The first-order chi connectivity index (χ1) is 12.9. The van der Waals surface area contributed by atoms with Gasteiger partial charge in [-0.1, -0.05) is 30.3 Å². The summed E-state index contributed by atoms with van der Waals surface area (Å²) < 4.78 is 14.3. The number of fused-ring (bicyclic) bond motifs is 3. The van der Waals surface area contributed by atoms with Gasteiger partial charge in [-0.2, -0.15) is 4.98 Å². The van der Waals surface area contributed by atoms with Crippen LogP contribution >= 0.6 is 0 Å². The number of H-pyrrole nitrogens is 1. The number of benzene rings is 2. The first-order valence-electron chi connectivity index (χ1n) is 8.14. The van der Waals surface area contributed by atoms with Gasteiger partial charge in [-0.3, -0.25) is 0 Å². The highest BCUT2D eigenvalue weighted by atomic mass is 19.1. The average Bonchev–Trinajstić information content (AvgIpc) is 3.00. The molecule has 4 aromatic rings. The van der Waals surface area contributed by atoms with Gasteiger partial charge in [-0.15, -0.1) is 0 Å². The van der Waals surface area contributed by atoms with Crippen LogP contribution in [0, 0.1) is 5.82 Å². The predicted octanol–water partition coefficient (Wildman–Crippen LogP) is 3.29. The maximum absolute atomic E-state index is 14.3. The van der Waals surface area contributed by atoms with Gasteiger partial charge in [-0.25, -0.2) is 14.2 Å². The minimum Gasteiger partial charge on any atom is -0.493 e. The van der Waals surface area contributed by atoms with Crippen molar-refractivity contribution in [3.63, 3.8) is 0 Å². The molecule has 2 heterocycles. The van der Waals surface area contributed by atoms with E-state index < -0.39 is 23.5 Å². The molecule has 0 spiro atoms. The molecule has 0 bridgehead atoms. The molecule has 4 rings (SSSR count). The first kappa shape index (κ1) is 16.8. The molecule has 0 radical (unpaired) electrons. The lowest BCUT2D eigenvalue weighted by Crippen LogP contribution is -2.16. The summed E-state index contributed by atoms with van der Waals surface area (Å²) >= 11 is 0. The van der Waals surface area contributed by atoms with Crippen LogP contribution in [0.1, 0.15) is 16.2 Å². The number of nitrogens with one attached hydrogen (secondary N) is 1. The van der Waals surface area contributed by atoms with E-state index in [0.29, 0.717) is 23.1 Å². The summed E-state index contributed by atoms with van der Waals surface area (Å²) in [7, 11) is 1.82. The summed E-state index contributed by atoms with van der Waals surface area (Å²) in [5, 5.41) is 19.8. The van der Waals surface area contributed by atoms with E-state index in [4.69, 9.17) is 5.11 Å². The third kappa shape index (κ3) is 2.91. The maximum Gasteiger partial charge on any atom is 0.374 e. The van der Waals surface area contributed by atoms with E-state index in [9.17, 15) is 14.3 Å². The number of nitrogens with zero attached hydrogens (tertiary/aromatic N) is 3. The zero-order valence-corrected chi connectivity index (χ0v) is 14.3. The average molecular weight is 366 g/mol. The van der Waals surface area contributed by atoms with Gasteiger partial charge in [-0.05, 0) is 17.7 Å². The minimum atomic E-state index is -1.36. The predicted molar refractivity (Wildman–Crippen MR) is 98.5 cm³/mol. The second-order valence-corrected chi connectivity index (χ2v) is 6.21. The molecule has 0 fully saturated rings. The third-order valence-electron chi connectivity index (χ3n) is 4.35. The molecule has 136 valence electrons. The van der Waals surface area contributed by atoms with Gasteiger partial charge >= 0.3 is 5.97 Å². The number of rotatable bonds is 4. The number of aromatic amines is 1. The molecule has 8 heteroatoms. The Hall–Kier alpha value is -3.68. The van der Waals surface area contributed by atoms with Gasteiger partial charge in [0.2, 0.25) is 11.7 Å². The van der Waals surface area contributed by atoms with E-state index in [1.54, 1.807) is 0 Å². The fourth-order valence-corrected chi connectivity index (χ4v) is 3.17. The molecule has 2 aromatic carbocycles. The van der Waals surface area contributed by atoms with Crippen molar-refractivity contribution < 1.29 is 19.4 Å². The van der Waals surface area contributed by atoms with Crippen molar-refractivity contribution >= 4 is 33.6 Å². The standard InChI is InChI=1S/C19H15FN4O3/c1-24(9-10-5-3-2-4-6-10)13-8-11(20)7-12-14-16(21-15(12)13)22-17(19(26)27)23-18(14)25/h2-8H,9H2,1H3,(H,26,27)(H2,21,22,23,25). The summed E-state index contributed by atoms with van der Waals surface area (Å²) in [5.74, 6) is -2.89. The Labute approximate surface area is 152 Å². The summed E-state index contributed by atoms with van der Waals surface area (Å²) in [6, 6.07) is 12.3. The highest BCUT2D eigenvalue weighted by molar-refractivity contribution is 6.12. The van der Waals surface area contributed by atoms with E-state index >= 15 is 0 Å². The molecule has 0 atom stereocenters. The zero-order chi connectivity index (χ0) is 19.1. The van der Waals surface area contributed by atoms with Crippen LogP contribution in [-0.4, -0.2) is 38.2 Å². The van der Waals surface area contributed by atoms with Crippen molar-refractivity contribution in [2.75, 3.05) is 11.9 Å². The molecule has 2 aromatic heterocycles. The molecule has 0 aliphatic carbocycles. The lowest BCUT2D eigenvalue weighted by atomic mass is 10.1. The van der Waals surface area contributed by atoms with Crippen LogP contribution in [0.4, 0.5) is 10.1 Å². The smallest absolute Gasteiger partial charge is 0.374 e. The Kier molecular flexibility index (Phi) is 3.88. The largest absolute Gasteiger partial charge is 0.493 e. The van der Waals surface area contributed by atoms with E-state index in [2.05, 4.69) is 15.0 Å². The van der Waals surface area contributed by atoms with Crippen molar-refractivity contribution in [2.24, 2.45) is 0 Å². The van der Waals surface area contributed by atoms with Crippen LogP contribution < -0.4 is 4.90 Å². The number of hydrogen-bond acceptors (Lipinski definition) is 5. The Morgan fingerprint density at radius 2 is 1.96 bits per heavy atom. The molecule has 0 aliphatic heterocycles. The quantitative estimate of drug-likeness (QED) is 0.512. The van der Waals surface area contributed by atoms with E-state index in [0.717, 1.165) is 5.56 Å². The van der Waals surface area contributed by atoms with Crippen molar-refractivity contribution in [1.82, 2.24) is 15.0 Å². The van der Waals surface area contributed by atoms with Crippen molar-refractivity contribution in [2.45, 2.75) is 6.54 Å². The number of carbonyl (C=O) groups is 1. The third-order valence-corrected chi connectivity index (χ3v) is 4.35. The lowest BCUT2D eigenvalue weighted by molar-refractivity contribution is 0.0682. The molecule has 7 nitrogen and oxygen atoms in total. The van der Waals surface area contributed by atoms with Gasteiger partial charge in [0.1, 0.15) is 11.5 Å². The molecule has 0 aliphatic rings. The van der Waals surface area contributed by atoms with Gasteiger partial charge in [0.05, 0.1) is 16.6 Å². The molecule has 3 N–H and O–H groups in total. The fourth-order valence-electron chi connectivity index (χ4n) is 3.17. The van der Waals surface area contributed by atoms with Gasteiger partial charge in [0.25, 0.3) is 0 Å². The second-order valence-electron chi connectivity index (χ2n) is 6.21. The van der Waals surface area contributed by atoms with Crippen LogP contribution in [0.5, 0.6) is 5.88 Å². The molecule has 0 saturated heterocycles. The summed E-state index contributed by atoms with van der Waals surface area (Å²) in [6.45, 7) is 0.535. The molecule has 0 unspecified atom stereocenters. The fraction of sp³-hybridized carbons (Fsp3) is 0.105. The van der Waals surface area contributed by atoms with Crippen LogP contribution in [0.15, 0.2) is 42.5 Å². The number of halogens is 1. The van der Waals surface area contributed by atoms with Crippen LogP contribution in [-0.2, 0) is 6.54 Å². The van der Waals surface area contributed by atoms with E-state index in [1.807, 2.05) is 42.3 Å². The molecular formula is C19H15FN4O3. The summed E-state index contributed by atoms with van der Waals surface area (Å²) in [6.07, 6.45) is 0. The molecule has 0 amide bonds. The van der Waals surface area contributed by atoms with Crippen molar-refractivity contribution in [3.05, 3.63) is 59.7 Å². The lowest BCUT2D eigenvalue weighted by Gasteiger charge is -2.20. The summed E-state index contributed by atoms with van der Waals surface area (Å²) in [4.78, 5) is 23.5. The van der Waals surface area contributed by atoms with E-state index in [1.165, 1.54) is 12.1 Å². The van der Waals surface area contributed by atoms with Crippen LogP contribution in [0.25, 0.3) is 21.9 Å². The number of hydrogen-bond donors (Lipinski definition) is 3. The number of aromatic hydroxyl groups is 1. The van der Waals surface area contributed by atoms with Crippen LogP contribution in [0.3, 0.4) is 0 Å². The summed E-state index contributed by atoms with van der Waals surface area (Å²) in [5.41, 5.74) is 2.28. The van der Waals surface area contributed by atoms with Crippen molar-refractivity contribution in [1.29, 1.82) is 0 Å².